The second-order valence-electron chi connectivity index (χ2n) is 5.56. The van der Waals surface area contributed by atoms with Crippen molar-refractivity contribution in [2.45, 2.75) is 58.4 Å². The molecule has 0 saturated heterocycles. The van der Waals surface area contributed by atoms with E-state index in [1.807, 2.05) is 13.0 Å². The number of hydrogen-bond acceptors (Lipinski definition) is 1. The van der Waals surface area contributed by atoms with Gasteiger partial charge in [0.2, 0.25) is 0 Å². The van der Waals surface area contributed by atoms with Gasteiger partial charge in [0, 0.05) is 6.04 Å². The first-order valence-electron chi connectivity index (χ1n) is 7.22. The van der Waals surface area contributed by atoms with E-state index in [-0.39, 0.29) is 5.82 Å². The number of aryl methyl sites for hydroxylation is 1. The van der Waals surface area contributed by atoms with Crippen LogP contribution < -0.4 is 5.32 Å². The molecule has 0 radical (unpaired) electrons. The summed E-state index contributed by atoms with van der Waals surface area (Å²) in [4.78, 5) is 0. The molecular weight excluding hydrogens is 225 g/mol. The third-order valence-corrected chi connectivity index (χ3v) is 4.24. The van der Waals surface area contributed by atoms with Crippen LogP contribution in [0.3, 0.4) is 0 Å². The van der Waals surface area contributed by atoms with Crippen LogP contribution in [0.2, 0.25) is 0 Å². The molecule has 2 rings (SSSR count). The third-order valence-electron chi connectivity index (χ3n) is 4.24. The summed E-state index contributed by atoms with van der Waals surface area (Å²) in [5.41, 5.74) is 1.71. The van der Waals surface area contributed by atoms with Gasteiger partial charge in [-0.15, -0.1) is 0 Å². The van der Waals surface area contributed by atoms with Gasteiger partial charge in [0.05, 0.1) is 5.69 Å². The summed E-state index contributed by atoms with van der Waals surface area (Å²) in [6, 6.07) is 5.73. The molecule has 2 atom stereocenters. The average molecular weight is 249 g/mol. The molecule has 1 aliphatic rings. The highest BCUT2D eigenvalue weighted by atomic mass is 19.1. The Morgan fingerprint density at radius 2 is 2.06 bits per heavy atom. The first kappa shape index (κ1) is 13.4. The lowest BCUT2D eigenvalue weighted by atomic mass is 9.98. The van der Waals surface area contributed by atoms with Crippen LogP contribution in [-0.2, 0) is 0 Å². The van der Waals surface area contributed by atoms with Crippen LogP contribution in [0.4, 0.5) is 10.1 Å². The van der Waals surface area contributed by atoms with Crippen molar-refractivity contribution >= 4 is 5.69 Å². The molecule has 0 aromatic heterocycles. The molecule has 18 heavy (non-hydrogen) atoms. The zero-order valence-corrected chi connectivity index (χ0v) is 11.5. The normalized spacial score (nSPS) is 24.6. The predicted molar refractivity (Wildman–Crippen MR) is 75.4 cm³/mol. The van der Waals surface area contributed by atoms with E-state index in [2.05, 4.69) is 12.2 Å². The van der Waals surface area contributed by atoms with Gasteiger partial charge in [-0.05, 0) is 43.7 Å². The Kier molecular flexibility index (Phi) is 4.62. The largest absolute Gasteiger partial charge is 0.380 e. The molecule has 1 aromatic rings. The molecule has 1 nitrogen and oxygen atoms in total. The fourth-order valence-corrected chi connectivity index (χ4v) is 2.95. The molecule has 1 fully saturated rings. The summed E-state index contributed by atoms with van der Waals surface area (Å²) in [7, 11) is 0. The second kappa shape index (κ2) is 6.21. The molecule has 0 heterocycles. The highest BCUT2D eigenvalue weighted by Crippen LogP contribution is 2.28. The van der Waals surface area contributed by atoms with Crippen molar-refractivity contribution in [1.29, 1.82) is 0 Å². The van der Waals surface area contributed by atoms with E-state index in [1.54, 1.807) is 12.1 Å². The van der Waals surface area contributed by atoms with Crippen molar-refractivity contribution in [3.05, 3.63) is 29.6 Å². The van der Waals surface area contributed by atoms with Crippen LogP contribution in [0.5, 0.6) is 0 Å². The lowest BCUT2D eigenvalue weighted by molar-refractivity contribution is 0.444. The zero-order chi connectivity index (χ0) is 13.0. The van der Waals surface area contributed by atoms with E-state index in [0.29, 0.717) is 11.7 Å². The first-order valence-corrected chi connectivity index (χ1v) is 7.22. The summed E-state index contributed by atoms with van der Waals surface area (Å²) < 4.78 is 13.8. The van der Waals surface area contributed by atoms with E-state index >= 15 is 0 Å². The minimum atomic E-state index is -0.119. The SMILES string of the molecule is CCC1CCCC(Nc2c(C)cccc2F)CC1. The molecule has 0 spiro atoms. The molecule has 100 valence electrons. The van der Waals surface area contributed by atoms with Crippen molar-refractivity contribution in [3.63, 3.8) is 0 Å². The molecule has 0 amide bonds. The lowest BCUT2D eigenvalue weighted by Crippen LogP contribution is -2.20. The maximum Gasteiger partial charge on any atom is 0.146 e. The first-order chi connectivity index (χ1) is 8.70. The highest BCUT2D eigenvalue weighted by molar-refractivity contribution is 5.52. The summed E-state index contributed by atoms with van der Waals surface area (Å²) in [5, 5.41) is 3.43. The molecule has 2 unspecified atom stereocenters. The molecule has 0 aliphatic heterocycles. The average Bonchev–Trinajstić information content (AvgIpc) is 2.59. The van der Waals surface area contributed by atoms with Crippen molar-refractivity contribution in [2.24, 2.45) is 5.92 Å². The molecule has 2 heteroatoms. The zero-order valence-electron chi connectivity index (χ0n) is 11.5. The topological polar surface area (TPSA) is 12.0 Å². The lowest BCUT2D eigenvalue weighted by Gasteiger charge is -2.20. The summed E-state index contributed by atoms with van der Waals surface area (Å²) in [5.74, 6) is 0.754. The van der Waals surface area contributed by atoms with Crippen molar-refractivity contribution in [3.8, 4) is 0 Å². The van der Waals surface area contributed by atoms with E-state index in [4.69, 9.17) is 0 Å². The minimum Gasteiger partial charge on any atom is -0.380 e. The van der Waals surface area contributed by atoms with Gasteiger partial charge in [-0.3, -0.25) is 0 Å². The van der Waals surface area contributed by atoms with Crippen LogP contribution in [0.15, 0.2) is 18.2 Å². The Hall–Kier alpha value is -1.05. The van der Waals surface area contributed by atoms with Crippen LogP contribution in [0.1, 0.15) is 51.0 Å². The van der Waals surface area contributed by atoms with Crippen LogP contribution in [0, 0.1) is 18.7 Å². The van der Waals surface area contributed by atoms with Crippen LogP contribution in [0.25, 0.3) is 0 Å². The Morgan fingerprint density at radius 1 is 1.22 bits per heavy atom. The molecule has 1 saturated carbocycles. The minimum absolute atomic E-state index is 0.119. The van der Waals surface area contributed by atoms with Gasteiger partial charge in [-0.2, -0.15) is 0 Å². The van der Waals surface area contributed by atoms with Gasteiger partial charge in [-0.25, -0.2) is 4.39 Å². The van der Waals surface area contributed by atoms with Gasteiger partial charge < -0.3 is 5.32 Å². The van der Waals surface area contributed by atoms with Gasteiger partial charge in [0.25, 0.3) is 0 Å². The highest BCUT2D eigenvalue weighted by Gasteiger charge is 2.19. The fraction of sp³-hybridized carbons (Fsp3) is 0.625. The van der Waals surface area contributed by atoms with E-state index in [0.717, 1.165) is 11.5 Å². The van der Waals surface area contributed by atoms with Crippen molar-refractivity contribution < 1.29 is 4.39 Å². The predicted octanol–water partition coefficient (Wildman–Crippen LogP) is 4.90. The number of para-hydroxylation sites is 1. The second-order valence-corrected chi connectivity index (χ2v) is 5.56. The van der Waals surface area contributed by atoms with Gasteiger partial charge in [0.15, 0.2) is 0 Å². The smallest absolute Gasteiger partial charge is 0.146 e. The Labute approximate surface area is 110 Å². The Bertz CT molecular complexity index is 368. The Morgan fingerprint density at radius 3 is 2.78 bits per heavy atom. The number of rotatable bonds is 3. The fourth-order valence-electron chi connectivity index (χ4n) is 2.95. The van der Waals surface area contributed by atoms with Crippen molar-refractivity contribution in [1.82, 2.24) is 0 Å². The van der Waals surface area contributed by atoms with Crippen LogP contribution >= 0.6 is 0 Å². The quantitative estimate of drug-likeness (QED) is 0.751. The number of nitrogens with one attached hydrogen (secondary N) is 1. The monoisotopic (exact) mass is 249 g/mol. The molecule has 1 aliphatic carbocycles. The summed E-state index contributed by atoms with van der Waals surface area (Å²) in [6.45, 7) is 4.25. The van der Waals surface area contributed by atoms with Crippen molar-refractivity contribution in [2.75, 3.05) is 5.32 Å². The molecule has 1 N–H and O–H groups in total. The number of anilines is 1. The molecule has 0 bridgehead atoms. The van der Waals surface area contributed by atoms with Crippen LogP contribution in [-0.4, -0.2) is 6.04 Å². The summed E-state index contributed by atoms with van der Waals surface area (Å²) in [6.07, 6.45) is 7.51. The van der Waals surface area contributed by atoms with Gasteiger partial charge >= 0.3 is 0 Å². The van der Waals surface area contributed by atoms with Gasteiger partial charge in [0.1, 0.15) is 5.82 Å². The third kappa shape index (κ3) is 3.24. The van der Waals surface area contributed by atoms with Gasteiger partial charge in [-0.1, -0.05) is 38.3 Å². The molecular formula is C16H24FN. The standard InChI is InChI=1S/C16H24FN/c1-3-13-7-5-8-14(11-10-13)18-16-12(2)6-4-9-15(16)17/h4,6,9,13-14,18H,3,5,7-8,10-11H2,1-2H3. The number of halogens is 1. The number of hydrogen-bond donors (Lipinski definition) is 1. The maximum atomic E-state index is 13.8. The van der Waals surface area contributed by atoms with E-state index < -0.39 is 0 Å². The number of benzene rings is 1. The molecule has 1 aromatic carbocycles. The Balaban J connectivity index is 2.01. The van der Waals surface area contributed by atoms with E-state index in [1.165, 1.54) is 38.5 Å². The van der Waals surface area contributed by atoms with E-state index in [9.17, 15) is 4.39 Å². The summed E-state index contributed by atoms with van der Waals surface area (Å²) >= 11 is 0. The maximum absolute atomic E-state index is 13.8.